The van der Waals surface area contributed by atoms with Crippen LogP contribution in [0.5, 0.6) is 17.4 Å². The van der Waals surface area contributed by atoms with E-state index in [2.05, 4.69) is 74.6 Å². The lowest BCUT2D eigenvalue weighted by atomic mass is 10.2. The molecule has 4 rings (SSSR count). The molecule has 362 valence electrons. The van der Waals surface area contributed by atoms with Crippen molar-refractivity contribution in [2.45, 2.75) is 39.8 Å². The van der Waals surface area contributed by atoms with Crippen LogP contribution < -0.4 is 35.5 Å². The molecule has 0 aliphatic heterocycles. The zero-order chi connectivity index (χ0) is 52.3. The van der Waals surface area contributed by atoms with E-state index in [0.29, 0.717) is 48.7 Å². The van der Waals surface area contributed by atoms with Crippen LogP contribution in [0.4, 0.5) is 44.0 Å². The third-order valence-corrected chi connectivity index (χ3v) is 8.41. The maximum atomic E-state index is 12.8. The largest absolute Gasteiger partial charge is 0.493 e. The first-order chi connectivity index (χ1) is 33.2. The molecule has 5 N–H and O–H groups in total. The van der Waals surface area contributed by atoms with Gasteiger partial charge < -0.3 is 40.3 Å². The lowest BCUT2D eigenvalue weighted by Crippen LogP contribution is -2.32. The van der Waals surface area contributed by atoms with Crippen LogP contribution in [0.15, 0.2) is 116 Å². The van der Waals surface area contributed by atoms with E-state index in [1.165, 1.54) is 24.3 Å². The smallest absolute Gasteiger partial charge is 0.414 e. The Balaban J connectivity index is 0.00000117. The molecule has 20 nitrogen and oxygen atoms in total. The summed E-state index contributed by atoms with van der Waals surface area (Å²) in [6, 6.07) is 16.7. The molecule has 2 amide bonds. The molecule has 0 aliphatic carbocycles. The van der Waals surface area contributed by atoms with E-state index in [4.69, 9.17) is 43.2 Å². The number of aliphatic hydroxyl groups excluding tert-OH is 1. The van der Waals surface area contributed by atoms with Gasteiger partial charge in [0.15, 0.2) is 0 Å². The number of hydrogen-bond acceptors (Lipinski definition) is 18. The summed E-state index contributed by atoms with van der Waals surface area (Å²) < 4.78 is 37.2. The van der Waals surface area contributed by atoms with Crippen molar-refractivity contribution in [3.63, 3.8) is 0 Å². The van der Waals surface area contributed by atoms with E-state index in [0.717, 1.165) is 9.80 Å². The molecule has 0 unspecified atom stereocenters. The number of hydrogen-bond donors (Lipinski definition) is 3. The third kappa shape index (κ3) is 19.9. The Kier molecular flexibility index (Phi) is 27.2. The summed E-state index contributed by atoms with van der Waals surface area (Å²) in [4.78, 5) is 57.3. The van der Waals surface area contributed by atoms with E-state index < -0.39 is 33.4 Å². The number of nitrogens with two attached hydrogens (primary N) is 2. The van der Waals surface area contributed by atoms with Crippen LogP contribution in [0.2, 0.25) is 0 Å². The average Bonchev–Trinajstić information content (AvgIpc) is 3.33. The highest BCUT2D eigenvalue weighted by Gasteiger charge is 2.32. The number of nitrogens with zero attached hydrogens (tertiary/aromatic N) is 6. The van der Waals surface area contributed by atoms with Gasteiger partial charge in [0.05, 0.1) is 56.0 Å². The van der Waals surface area contributed by atoms with Crippen molar-refractivity contribution in [2.75, 3.05) is 60.9 Å². The van der Waals surface area contributed by atoms with Gasteiger partial charge in [-0.15, -0.1) is 19.7 Å². The van der Waals surface area contributed by atoms with Crippen LogP contribution >= 0.6 is 15.9 Å². The molecule has 2 heterocycles. The summed E-state index contributed by atoms with van der Waals surface area (Å²) in [6.45, 7) is 18.6. The van der Waals surface area contributed by atoms with E-state index in [9.17, 15) is 29.8 Å². The Morgan fingerprint density at radius 1 is 0.761 bits per heavy atom. The number of pyridine rings is 2. The van der Waals surface area contributed by atoms with Crippen LogP contribution in [0.1, 0.15) is 40.8 Å². The SMILES string of the molecule is C=CCCOc1cccc(CN(C(=O)OCC)c2cc(Br)nc(N)c2[N+](=O)[O-])c1.C=CCCOc1cccc(CN(C(=O)OCC)c2cc(OCC=C)nc(N)c2[N+](=O)[O-])c1.C=CCO.S=S.[3H][3H]. The summed E-state index contributed by atoms with van der Waals surface area (Å²) in [7, 11) is 0. The molecule has 0 saturated heterocycles. The van der Waals surface area contributed by atoms with Gasteiger partial charge in [-0.1, -0.05) is 55.1 Å². The van der Waals surface area contributed by atoms with Crippen molar-refractivity contribution in [3.05, 3.63) is 147 Å². The Bertz CT molecular complexity index is 2310. The van der Waals surface area contributed by atoms with Gasteiger partial charge in [0.2, 0.25) is 17.5 Å². The number of benzene rings is 2. The standard InChI is InChI=1S/C22H26N4O6.C19H21BrN4O5.C3H6O.S2.H2/c1-4-7-12-31-17-10-8-9-16(13-17)15-25(22(27)30-6-3)18-14-19(32-11-5-2)24-21(23)20(18)26(28)29;1-3-5-9-29-14-8-6-7-13(10-14)12-23(19(25)28-4-2)15-11-16(20)22-18(21)17(15)24(26)27;1-2-3-4;1-2;/h4-5,8-10,13-14H,1-2,6-7,11-12,15H2,3H3,(H2,23,24);3,6-8,10-11H,1,4-5,9,12H2,2H3,(H2,21,22);2,4H,1,3H2;;1H/i;;;;1+2T. The molecule has 0 aliphatic rings. The van der Waals surface area contributed by atoms with Crippen LogP contribution in [-0.2, 0) is 44.9 Å². The van der Waals surface area contributed by atoms with Gasteiger partial charge in [0.25, 0.3) is 0 Å². The number of aromatic nitrogens is 2. The number of ether oxygens (including phenoxy) is 5. The molecule has 2 aromatic carbocycles. The maximum Gasteiger partial charge on any atom is 0.414 e. The number of amides is 2. The summed E-state index contributed by atoms with van der Waals surface area (Å²) in [5.74, 6) is 0.515. The normalized spacial score (nSPS) is 9.85. The number of carbonyl (C=O) groups is 2. The number of nitro groups is 2. The van der Waals surface area contributed by atoms with E-state index in [1.807, 2.05) is 0 Å². The number of halogens is 1. The van der Waals surface area contributed by atoms with E-state index in [-0.39, 0.29) is 73.0 Å². The van der Waals surface area contributed by atoms with Crippen molar-refractivity contribution < 1.29 is 51.2 Å². The number of aliphatic hydroxyl groups is 1. The lowest BCUT2D eigenvalue weighted by molar-refractivity contribution is -0.383. The Hall–Kier alpha value is -7.08. The Labute approximate surface area is 409 Å². The minimum absolute atomic E-state index is 0.00816. The number of anilines is 4. The van der Waals surface area contributed by atoms with Crippen LogP contribution in [0, 0.1) is 20.2 Å². The maximum absolute atomic E-state index is 12.8. The van der Waals surface area contributed by atoms with E-state index >= 15 is 0 Å². The summed E-state index contributed by atoms with van der Waals surface area (Å²) >= 11 is 10.5. The van der Waals surface area contributed by atoms with Gasteiger partial charge in [0.1, 0.15) is 34.1 Å². The molecule has 2 aromatic heterocycles. The van der Waals surface area contributed by atoms with Gasteiger partial charge >= 0.3 is 23.6 Å². The predicted octanol–water partition coefficient (Wildman–Crippen LogP) is 9.11. The highest BCUT2D eigenvalue weighted by molar-refractivity contribution is 9.10. The number of nitrogen functional groups attached to an aromatic ring is 2. The second kappa shape index (κ2) is 32.6. The fourth-order valence-electron chi connectivity index (χ4n) is 5.29. The first-order valence-corrected chi connectivity index (χ1v) is 22.0. The summed E-state index contributed by atoms with van der Waals surface area (Å²) in [5, 5.41) is 31.0. The second-order valence-corrected chi connectivity index (χ2v) is 13.5. The van der Waals surface area contributed by atoms with Crippen molar-refractivity contribution in [2.24, 2.45) is 0 Å². The first kappa shape index (κ1) is 56.1. The Morgan fingerprint density at radius 3 is 1.58 bits per heavy atom. The lowest BCUT2D eigenvalue weighted by Gasteiger charge is -2.23. The predicted molar refractivity (Wildman–Crippen MR) is 268 cm³/mol. The van der Waals surface area contributed by atoms with Crippen LogP contribution in [-0.4, -0.2) is 76.7 Å². The average molecular weight is 1040 g/mol. The molecular formula is C44H55BrN8O12S2. The van der Waals surface area contributed by atoms with Crippen molar-refractivity contribution in [3.8, 4) is 17.4 Å². The highest BCUT2D eigenvalue weighted by atomic mass is 79.9. The molecule has 0 spiro atoms. The summed E-state index contributed by atoms with van der Waals surface area (Å²) in [6.07, 6.45) is 6.24. The topological polar surface area (TPSA) is 271 Å². The molecule has 0 bridgehead atoms. The van der Waals surface area contributed by atoms with Crippen molar-refractivity contribution >= 4 is 84.9 Å². The second-order valence-electron chi connectivity index (χ2n) is 12.7. The molecule has 67 heavy (non-hydrogen) atoms. The third-order valence-electron chi connectivity index (χ3n) is 8.01. The number of rotatable bonds is 22. The van der Waals surface area contributed by atoms with Gasteiger partial charge in [-0.05, 0) is 78.0 Å². The molecule has 23 heteroatoms. The zero-order valence-electron chi connectivity index (χ0n) is 39.0. The van der Waals surface area contributed by atoms with Crippen molar-refractivity contribution in [1.29, 1.82) is 0 Å². The fourth-order valence-corrected chi connectivity index (χ4v) is 5.70. The van der Waals surface area contributed by atoms with Gasteiger partial charge in [0, 0.05) is 37.5 Å². The fraction of sp³-hybridized carbons (Fsp3) is 0.273. The van der Waals surface area contributed by atoms with Crippen molar-refractivity contribution in [1.82, 2.24) is 9.97 Å². The highest BCUT2D eigenvalue weighted by Crippen LogP contribution is 2.38. The molecule has 0 fully saturated rings. The summed E-state index contributed by atoms with van der Waals surface area (Å²) in [5.41, 5.74) is 11.8. The van der Waals surface area contributed by atoms with Crippen LogP contribution in [0.3, 0.4) is 0 Å². The molecular weight excluding hydrogens is 977 g/mol. The van der Waals surface area contributed by atoms with Gasteiger partial charge in [-0.2, -0.15) is 4.98 Å². The minimum atomic E-state index is -0.783. The number of carbonyl (C=O) groups excluding carboxylic acids is 2. The molecule has 0 radical (unpaired) electrons. The minimum Gasteiger partial charge on any atom is -0.493 e. The van der Waals surface area contributed by atoms with E-state index in [1.54, 1.807) is 74.5 Å². The monoisotopic (exact) mass is 1030 g/mol. The quantitative estimate of drug-likeness (QED) is 0.0218. The zero-order valence-corrected chi connectivity index (χ0v) is 40.2. The molecule has 4 aromatic rings. The molecule has 0 atom stereocenters. The van der Waals surface area contributed by atoms with Gasteiger partial charge in [-0.3, -0.25) is 30.0 Å². The van der Waals surface area contributed by atoms with Crippen LogP contribution in [0.25, 0.3) is 0 Å². The molecule has 0 saturated carbocycles. The van der Waals surface area contributed by atoms with Gasteiger partial charge in [-0.25, -0.2) is 14.6 Å². The Morgan fingerprint density at radius 2 is 1.19 bits per heavy atom. The first-order valence-electron chi connectivity index (χ1n) is 20.9.